The maximum absolute atomic E-state index is 9.71. The Hall–Kier alpha value is -0.820. The van der Waals surface area contributed by atoms with Gasteiger partial charge >= 0.3 is 0 Å². The lowest BCUT2D eigenvalue weighted by Crippen LogP contribution is -2.18. The molecule has 1 heteroatoms. The van der Waals surface area contributed by atoms with Gasteiger partial charge in [0.25, 0.3) is 0 Å². The normalized spacial score (nSPS) is 15.0. The Morgan fingerprint density at radius 2 is 1.87 bits per heavy atom. The van der Waals surface area contributed by atoms with Crippen molar-refractivity contribution >= 4 is 0 Å². The Balaban J connectivity index is 2.68. The number of aryl methyl sites for hydroxylation is 2. The molecule has 2 unspecified atom stereocenters. The van der Waals surface area contributed by atoms with E-state index in [2.05, 4.69) is 39.0 Å². The highest BCUT2D eigenvalue weighted by Crippen LogP contribution is 2.17. The van der Waals surface area contributed by atoms with Crippen molar-refractivity contribution in [3.05, 3.63) is 34.9 Å². The van der Waals surface area contributed by atoms with Crippen LogP contribution in [-0.4, -0.2) is 11.2 Å². The van der Waals surface area contributed by atoms with E-state index in [1.165, 1.54) is 16.7 Å². The molecule has 0 aromatic heterocycles. The summed E-state index contributed by atoms with van der Waals surface area (Å²) < 4.78 is 0. The Bertz CT molecular complexity index is 317. The van der Waals surface area contributed by atoms with E-state index in [0.29, 0.717) is 5.92 Å². The average Bonchev–Trinajstić information content (AvgIpc) is 2.22. The third-order valence-electron chi connectivity index (χ3n) is 3.20. The summed E-state index contributed by atoms with van der Waals surface area (Å²) in [6, 6.07) is 6.56. The molecule has 1 aromatic carbocycles. The molecule has 0 spiro atoms. The van der Waals surface area contributed by atoms with Crippen LogP contribution in [0.5, 0.6) is 0 Å². The zero-order valence-corrected chi connectivity index (χ0v) is 10.2. The lowest BCUT2D eigenvalue weighted by Gasteiger charge is -2.17. The van der Waals surface area contributed by atoms with Gasteiger partial charge in [0.15, 0.2) is 0 Å². The highest BCUT2D eigenvalue weighted by molar-refractivity contribution is 5.30. The monoisotopic (exact) mass is 206 g/mol. The third-order valence-corrected chi connectivity index (χ3v) is 3.20. The van der Waals surface area contributed by atoms with E-state index in [-0.39, 0.29) is 6.10 Å². The minimum absolute atomic E-state index is 0.174. The third kappa shape index (κ3) is 3.35. The summed E-state index contributed by atoms with van der Waals surface area (Å²) in [6.07, 6.45) is 1.63. The summed E-state index contributed by atoms with van der Waals surface area (Å²) in [5.41, 5.74) is 4.01. The topological polar surface area (TPSA) is 20.2 Å². The maximum Gasteiger partial charge on any atom is 0.0566 e. The van der Waals surface area contributed by atoms with Crippen molar-refractivity contribution in [2.45, 2.75) is 46.6 Å². The van der Waals surface area contributed by atoms with E-state index in [4.69, 9.17) is 0 Å². The highest BCUT2D eigenvalue weighted by Gasteiger charge is 2.12. The van der Waals surface area contributed by atoms with Crippen molar-refractivity contribution in [2.24, 2.45) is 5.92 Å². The number of aliphatic hydroxyl groups is 1. The van der Waals surface area contributed by atoms with Crippen LogP contribution >= 0.6 is 0 Å². The second kappa shape index (κ2) is 5.32. The molecule has 0 radical (unpaired) electrons. The van der Waals surface area contributed by atoms with Crippen LogP contribution in [0.4, 0.5) is 0 Å². The quantitative estimate of drug-likeness (QED) is 0.801. The van der Waals surface area contributed by atoms with Crippen LogP contribution in [0, 0.1) is 19.8 Å². The van der Waals surface area contributed by atoms with Gasteiger partial charge in [0.2, 0.25) is 0 Å². The minimum atomic E-state index is -0.174. The van der Waals surface area contributed by atoms with E-state index in [1.807, 2.05) is 6.92 Å². The fraction of sp³-hybridized carbons (Fsp3) is 0.571. The van der Waals surface area contributed by atoms with E-state index in [1.54, 1.807) is 0 Å². The molecule has 0 aliphatic heterocycles. The van der Waals surface area contributed by atoms with Crippen LogP contribution in [0.15, 0.2) is 18.2 Å². The van der Waals surface area contributed by atoms with Gasteiger partial charge in [-0.15, -0.1) is 0 Å². The van der Waals surface area contributed by atoms with E-state index in [0.717, 1.165) is 12.8 Å². The predicted molar refractivity (Wildman–Crippen MR) is 65.1 cm³/mol. The molecule has 0 amide bonds. The molecular weight excluding hydrogens is 184 g/mol. The van der Waals surface area contributed by atoms with Gasteiger partial charge in [-0.05, 0) is 49.3 Å². The van der Waals surface area contributed by atoms with Gasteiger partial charge in [0.1, 0.15) is 0 Å². The van der Waals surface area contributed by atoms with Crippen LogP contribution in [0.25, 0.3) is 0 Å². The van der Waals surface area contributed by atoms with Crippen molar-refractivity contribution < 1.29 is 5.11 Å². The second-order valence-corrected chi connectivity index (χ2v) is 4.58. The van der Waals surface area contributed by atoms with Crippen LogP contribution < -0.4 is 0 Å². The van der Waals surface area contributed by atoms with Gasteiger partial charge in [0.05, 0.1) is 6.10 Å². The lowest BCUT2D eigenvalue weighted by molar-refractivity contribution is 0.113. The van der Waals surface area contributed by atoms with Crippen LogP contribution in [-0.2, 0) is 6.42 Å². The second-order valence-electron chi connectivity index (χ2n) is 4.58. The predicted octanol–water partition coefficient (Wildman–Crippen LogP) is 3.25. The van der Waals surface area contributed by atoms with Crippen molar-refractivity contribution in [1.82, 2.24) is 0 Å². The fourth-order valence-electron chi connectivity index (χ4n) is 1.84. The summed E-state index contributed by atoms with van der Waals surface area (Å²) in [6.45, 7) is 8.41. The standard InChI is InChI=1S/C14H22O/c1-5-14(15)12(4)9-13-7-6-10(2)11(3)8-13/h6-8,12,14-15H,5,9H2,1-4H3. The molecule has 1 nitrogen and oxygen atoms in total. The molecule has 0 heterocycles. The molecule has 1 aromatic rings. The zero-order valence-electron chi connectivity index (χ0n) is 10.2. The Morgan fingerprint density at radius 3 is 2.40 bits per heavy atom. The minimum Gasteiger partial charge on any atom is -0.393 e. The molecule has 0 aliphatic carbocycles. The number of benzene rings is 1. The van der Waals surface area contributed by atoms with Crippen molar-refractivity contribution in [3.63, 3.8) is 0 Å². The fourth-order valence-corrected chi connectivity index (χ4v) is 1.84. The summed E-state index contributed by atoms with van der Waals surface area (Å²) in [5.74, 6) is 0.345. The first kappa shape index (κ1) is 12.3. The van der Waals surface area contributed by atoms with Gasteiger partial charge < -0.3 is 5.11 Å². The molecule has 0 saturated heterocycles. The Morgan fingerprint density at radius 1 is 1.20 bits per heavy atom. The number of rotatable bonds is 4. The summed E-state index contributed by atoms with van der Waals surface area (Å²) >= 11 is 0. The molecule has 84 valence electrons. The molecule has 1 rings (SSSR count). The summed E-state index contributed by atoms with van der Waals surface area (Å²) in [7, 11) is 0. The largest absolute Gasteiger partial charge is 0.393 e. The van der Waals surface area contributed by atoms with Crippen molar-refractivity contribution in [1.29, 1.82) is 0 Å². The van der Waals surface area contributed by atoms with Crippen LogP contribution in [0.3, 0.4) is 0 Å². The molecule has 2 atom stereocenters. The van der Waals surface area contributed by atoms with Gasteiger partial charge in [-0.2, -0.15) is 0 Å². The molecular formula is C14H22O. The van der Waals surface area contributed by atoms with E-state index >= 15 is 0 Å². The van der Waals surface area contributed by atoms with Gasteiger partial charge in [-0.3, -0.25) is 0 Å². The Labute approximate surface area is 93.1 Å². The average molecular weight is 206 g/mol. The molecule has 1 N–H and O–H groups in total. The highest BCUT2D eigenvalue weighted by atomic mass is 16.3. The maximum atomic E-state index is 9.71. The lowest BCUT2D eigenvalue weighted by atomic mass is 9.93. The number of aliphatic hydroxyl groups excluding tert-OH is 1. The SMILES string of the molecule is CCC(O)C(C)Cc1ccc(C)c(C)c1. The van der Waals surface area contributed by atoms with E-state index in [9.17, 15) is 5.11 Å². The summed E-state index contributed by atoms with van der Waals surface area (Å²) in [4.78, 5) is 0. The van der Waals surface area contributed by atoms with Crippen molar-refractivity contribution in [3.8, 4) is 0 Å². The smallest absolute Gasteiger partial charge is 0.0566 e. The van der Waals surface area contributed by atoms with Gasteiger partial charge in [-0.25, -0.2) is 0 Å². The molecule has 0 fully saturated rings. The molecule has 0 bridgehead atoms. The first-order valence-electron chi connectivity index (χ1n) is 5.78. The first-order chi connectivity index (χ1) is 7.04. The Kier molecular flexibility index (Phi) is 4.34. The van der Waals surface area contributed by atoms with Gasteiger partial charge in [-0.1, -0.05) is 32.0 Å². The number of hydrogen-bond donors (Lipinski definition) is 1. The zero-order chi connectivity index (χ0) is 11.4. The van der Waals surface area contributed by atoms with Crippen molar-refractivity contribution in [2.75, 3.05) is 0 Å². The molecule has 0 aliphatic rings. The molecule has 0 saturated carbocycles. The van der Waals surface area contributed by atoms with Crippen LogP contribution in [0.2, 0.25) is 0 Å². The number of hydrogen-bond acceptors (Lipinski definition) is 1. The van der Waals surface area contributed by atoms with Gasteiger partial charge in [0, 0.05) is 0 Å². The first-order valence-corrected chi connectivity index (χ1v) is 5.78. The molecule has 15 heavy (non-hydrogen) atoms. The summed E-state index contributed by atoms with van der Waals surface area (Å²) in [5, 5.41) is 9.71. The van der Waals surface area contributed by atoms with E-state index < -0.39 is 0 Å². The van der Waals surface area contributed by atoms with Crippen LogP contribution in [0.1, 0.15) is 37.0 Å².